The highest BCUT2D eigenvalue weighted by Gasteiger charge is 2.05. The Morgan fingerprint density at radius 2 is 2.10 bits per heavy atom. The van der Waals surface area contributed by atoms with Crippen LogP contribution in [0.15, 0.2) is 42.7 Å². The van der Waals surface area contributed by atoms with Crippen molar-refractivity contribution in [3.05, 3.63) is 59.9 Å². The third kappa shape index (κ3) is 3.74. The van der Waals surface area contributed by atoms with Crippen LogP contribution in [0.5, 0.6) is 5.75 Å². The highest BCUT2D eigenvalue weighted by atomic mass is 19.2. The molecule has 0 aliphatic rings. The lowest BCUT2D eigenvalue weighted by Crippen LogP contribution is -2.28. The van der Waals surface area contributed by atoms with Gasteiger partial charge < -0.3 is 10.1 Å². The first-order chi connectivity index (χ1) is 9.66. The quantitative estimate of drug-likeness (QED) is 0.853. The van der Waals surface area contributed by atoms with Crippen molar-refractivity contribution in [3.8, 4) is 5.75 Å². The average molecular weight is 278 g/mol. The lowest BCUT2D eigenvalue weighted by atomic mass is 10.3. The van der Waals surface area contributed by atoms with Gasteiger partial charge in [-0.2, -0.15) is 0 Å². The highest BCUT2D eigenvalue weighted by Crippen LogP contribution is 2.14. The van der Waals surface area contributed by atoms with E-state index in [0.29, 0.717) is 5.56 Å². The number of amides is 1. The molecule has 1 aromatic heterocycles. The van der Waals surface area contributed by atoms with Gasteiger partial charge in [0, 0.05) is 18.5 Å². The Bertz CT molecular complexity index is 591. The molecule has 0 unspecified atom stereocenters. The maximum Gasteiger partial charge on any atom is 0.252 e. The molecule has 1 N–H and O–H groups in total. The van der Waals surface area contributed by atoms with Gasteiger partial charge in [-0.3, -0.25) is 9.78 Å². The van der Waals surface area contributed by atoms with Gasteiger partial charge in [-0.05, 0) is 24.3 Å². The highest BCUT2D eigenvalue weighted by molar-refractivity contribution is 5.93. The maximum absolute atomic E-state index is 12.9. The number of halogens is 2. The Morgan fingerprint density at radius 3 is 2.80 bits per heavy atom. The van der Waals surface area contributed by atoms with E-state index in [2.05, 4.69) is 10.3 Å². The minimum Gasteiger partial charge on any atom is -0.492 e. The van der Waals surface area contributed by atoms with Crippen LogP contribution in [0.4, 0.5) is 8.78 Å². The lowest BCUT2D eigenvalue weighted by Gasteiger charge is -2.08. The SMILES string of the molecule is O=C(NCCOc1ccc(F)c(F)c1)c1cccnc1. The molecule has 0 aliphatic heterocycles. The van der Waals surface area contributed by atoms with E-state index < -0.39 is 11.6 Å². The molecule has 0 saturated carbocycles. The van der Waals surface area contributed by atoms with Gasteiger partial charge >= 0.3 is 0 Å². The van der Waals surface area contributed by atoms with Crippen molar-refractivity contribution in [2.45, 2.75) is 0 Å². The number of nitrogens with one attached hydrogen (secondary N) is 1. The summed E-state index contributed by atoms with van der Waals surface area (Å²) >= 11 is 0. The molecule has 4 nitrogen and oxygen atoms in total. The first-order valence-electron chi connectivity index (χ1n) is 5.93. The molecule has 2 aromatic rings. The van der Waals surface area contributed by atoms with Crippen LogP contribution in [-0.2, 0) is 0 Å². The Hall–Kier alpha value is -2.50. The van der Waals surface area contributed by atoms with E-state index in [4.69, 9.17) is 4.74 Å². The molecule has 1 heterocycles. The summed E-state index contributed by atoms with van der Waals surface area (Å²) in [6.45, 7) is 0.393. The third-order valence-corrected chi connectivity index (χ3v) is 2.47. The summed E-state index contributed by atoms with van der Waals surface area (Å²) in [5.74, 6) is -1.96. The summed E-state index contributed by atoms with van der Waals surface area (Å²) < 4.78 is 30.8. The number of pyridine rings is 1. The van der Waals surface area contributed by atoms with E-state index in [1.807, 2.05) is 0 Å². The Morgan fingerprint density at radius 1 is 1.25 bits per heavy atom. The number of nitrogens with zero attached hydrogens (tertiary/aromatic N) is 1. The fourth-order valence-corrected chi connectivity index (χ4v) is 1.50. The summed E-state index contributed by atoms with van der Waals surface area (Å²) in [7, 11) is 0. The van der Waals surface area contributed by atoms with Crippen LogP contribution in [0.1, 0.15) is 10.4 Å². The van der Waals surface area contributed by atoms with Crippen molar-refractivity contribution in [3.63, 3.8) is 0 Å². The number of benzene rings is 1. The largest absolute Gasteiger partial charge is 0.492 e. The summed E-state index contributed by atoms with van der Waals surface area (Å²) in [5.41, 5.74) is 0.445. The topological polar surface area (TPSA) is 51.2 Å². The molecule has 0 aliphatic carbocycles. The molecule has 6 heteroatoms. The van der Waals surface area contributed by atoms with Gasteiger partial charge in [-0.25, -0.2) is 8.78 Å². The van der Waals surface area contributed by atoms with Gasteiger partial charge in [0.2, 0.25) is 0 Å². The molecule has 0 radical (unpaired) electrons. The number of carbonyl (C=O) groups is 1. The minimum absolute atomic E-state index is 0.150. The van der Waals surface area contributed by atoms with Crippen molar-refractivity contribution in [1.29, 1.82) is 0 Å². The van der Waals surface area contributed by atoms with E-state index in [-0.39, 0.29) is 24.8 Å². The van der Waals surface area contributed by atoms with E-state index >= 15 is 0 Å². The summed E-state index contributed by atoms with van der Waals surface area (Å²) in [6, 6.07) is 6.56. The van der Waals surface area contributed by atoms with Crippen LogP contribution in [0, 0.1) is 11.6 Å². The summed E-state index contributed by atoms with van der Waals surface area (Å²) in [4.78, 5) is 15.5. The predicted molar refractivity (Wildman–Crippen MR) is 68.4 cm³/mol. The maximum atomic E-state index is 12.9. The number of ether oxygens (including phenoxy) is 1. The third-order valence-electron chi connectivity index (χ3n) is 2.47. The molecule has 0 saturated heterocycles. The Kier molecular flexibility index (Phi) is 4.60. The molecular formula is C14H12F2N2O2. The van der Waals surface area contributed by atoms with Crippen LogP contribution in [0.25, 0.3) is 0 Å². The van der Waals surface area contributed by atoms with Gasteiger partial charge in [0.25, 0.3) is 5.91 Å². The molecule has 0 spiro atoms. The molecule has 104 valence electrons. The number of aromatic nitrogens is 1. The number of carbonyl (C=O) groups excluding carboxylic acids is 1. The first kappa shape index (κ1) is 13.9. The smallest absolute Gasteiger partial charge is 0.252 e. The minimum atomic E-state index is -0.970. The summed E-state index contributed by atoms with van der Waals surface area (Å²) in [6.07, 6.45) is 3.02. The predicted octanol–water partition coefficient (Wildman–Crippen LogP) is 2.17. The van der Waals surface area contributed by atoms with Gasteiger partial charge in [0.1, 0.15) is 12.4 Å². The van der Waals surface area contributed by atoms with Crippen molar-refractivity contribution in [2.24, 2.45) is 0 Å². The van der Waals surface area contributed by atoms with Crippen molar-refractivity contribution < 1.29 is 18.3 Å². The van der Waals surface area contributed by atoms with E-state index in [9.17, 15) is 13.6 Å². The van der Waals surface area contributed by atoms with Crippen LogP contribution in [-0.4, -0.2) is 24.0 Å². The van der Waals surface area contributed by atoms with Crippen LogP contribution in [0.2, 0.25) is 0 Å². The molecule has 0 fully saturated rings. The first-order valence-corrected chi connectivity index (χ1v) is 5.93. The standard InChI is InChI=1S/C14H12F2N2O2/c15-12-4-3-11(8-13(12)16)20-7-6-18-14(19)10-2-1-5-17-9-10/h1-5,8-9H,6-7H2,(H,18,19). The van der Waals surface area contributed by atoms with Crippen molar-refractivity contribution >= 4 is 5.91 Å². The van der Waals surface area contributed by atoms with E-state index in [1.54, 1.807) is 18.3 Å². The number of hydrogen-bond acceptors (Lipinski definition) is 3. The lowest BCUT2D eigenvalue weighted by molar-refractivity contribution is 0.0946. The van der Waals surface area contributed by atoms with Gasteiger partial charge in [-0.15, -0.1) is 0 Å². The summed E-state index contributed by atoms with van der Waals surface area (Å²) in [5, 5.41) is 2.62. The van der Waals surface area contributed by atoms with E-state index in [1.165, 1.54) is 12.3 Å². The molecule has 0 bridgehead atoms. The number of rotatable bonds is 5. The van der Waals surface area contributed by atoms with Crippen LogP contribution < -0.4 is 10.1 Å². The van der Waals surface area contributed by atoms with Gasteiger partial charge in [0.15, 0.2) is 11.6 Å². The second kappa shape index (κ2) is 6.60. The Labute approximate surface area is 114 Å². The zero-order valence-corrected chi connectivity index (χ0v) is 10.5. The van der Waals surface area contributed by atoms with E-state index in [0.717, 1.165) is 12.1 Å². The normalized spacial score (nSPS) is 10.1. The second-order valence-corrected chi connectivity index (χ2v) is 3.92. The molecule has 20 heavy (non-hydrogen) atoms. The fourth-order valence-electron chi connectivity index (χ4n) is 1.50. The molecule has 1 aromatic carbocycles. The van der Waals surface area contributed by atoms with Crippen LogP contribution in [0.3, 0.4) is 0 Å². The van der Waals surface area contributed by atoms with Gasteiger partial charge in [-0.1, -0.05) is 0 Å². The molecule has 1 amide bonds. The van der Waals surface area contributed by atoms with Gasteiger partial charge in [0.05, 0.1) is 12.1 Å². The molecule has 2 rings (SSSR count). The molecular weight excluding hydrogens is 266 g/mol. The average Bonchev–Trinajstić information content (AvgIpc) is 2.48. The zero-order valence-electron chi connectivity index (χ0n) is 10.5. The Balaban J connectivity index is 1.76. The zero-order chi connectivity index (χ0) is 14.4. The molecule has 0 atom stereocenters. The van der Waals surface area contributed by atoms with Crippen molar-refractivity contribution in [2.75, 3.05) is 13.2 Å². The fraction of sp³-hybridized carbons (Fsp3) is 0.143. The van der Waals surface area contributed by atoms with Crippen LogP contribution >= 0.6 is 0 Å². The van der Waals surface area contributed by atoms with Crippen molar-refractivity contribution in [1.82, 2.24) is 10.3 Å². The number of hydrogen-bond donors (Lipinski definition) is 1. The monoisotopic (exact) mass is 278 g/mol. The second-order valence-electron chi connectivity index (χ2n) is 3.92.